The highest BCUT2D eigenvalue weighted by molar-refractivity contribution is 5.93. The number of nitrogens with one attached hydrogen (secondary N) is 2. The minimum atomic E-state index is -4.58. The van der Waals surface area contributed by atoms with Crippen LogP contribution in [0.4, 0.5) is 30.8 Å². The van der Waals surface area contributed by atoms with Crippen molar-refractivity contribution in [2.24, 2.45) is 0 Å². The maximum Gasteiger partial charge on any atom is 0.422 e. The molecule has 13 heteroatoms. The number of alkyl halides is 3. The quantitative estimate of drug-likeness (QED) is 0.503. The average Bonchev–Trinajstić information content (AvgIpc) is 2.85. The van der Waals surface area contributed by atoms with Gasteiger partial charge in [-0.05, 0) is 35.9 Å². The van der Waals surface area contributed by atoms with E-state index in [0.29, 0.717) is 11.4 Å². The molecule has 10 nitrogen and oxygen atoms in total. The Bertz CT molecular complexity index is 1250. The topological polar surface area (TPSA) is 117 Å². The van der Waals surface area contributed by atoms with Crippen LogP contribution in [0.2, 0.25) is 0 Å². The number of methoxy groups -OCH3 is 1. The Morgan fingerprint density at radius 3 is 2.61 bits per heavy atom. The number of halogens is 3. The number of anilines is 3. The number of nitrogens with zero attached hydrogens (tertiary/aromatic N) is 3. The van der Waals surface area contributed by atoms with Gasteiger partial charge in [0.1, 0.15) is 23.7 Å². The average molecular weight is 503 g/mol. The molecule has 0 saturated carbocycles. The second kappa shape index (κ2) is 10.8. The second-order valence-corrected chi connectivity index (χ2v) is 7.29. The van der Waals surface area contributed by atoms with E-state index >= 15 is 0 Å². The molecule has 2 aromatic carbocycles. The molecule has 3 aromatic rings. The van der Waals surface area contributed by atoms with E-state index in [0.717, 1.165) is 5.56 Å². The van der Waals surface area contributed by atoms with Gasteiger partial charge in [-0.1, -0.05) is 12.1 Å². The van der Waals surface area contributed by atoms with E-state index in [1.54, 1.807) is 30.3 Å². The molecule has 36 heavy (non-hydrogen) atoms. The molecule has 188 valence electrons. The summed E-state index contributed by atoms with van der Waals surface area (Å²) in [6, 6.07) is 11.0. The molecule has 0 saturated heterocycles. The summed E-state index contributed by atoms with van der Waals surface area (Å²) in [7, 11) is 1.24. The zero-order chi connectivity index (χ0) is 25.5. The van der Waals surface area contributed by atoms with Crippen LogP contribution in [-0.4, -0.2) is 47.4 Å². The van der Waals surface area contributed by atoms with Crippen molar-refractivity contribution in [2.75, 3.05) is 31.0 Å². The predicted molar refractivity (Wildman–Crippen MR) is 121 cm³/mol. The number of hydrogen-bond acceptors (Lipinski definition) is 10. The van der Waals surface area contributed by atoms with E-state index in [-0.39, 0.29) is 36.4 Å². The lowest BCUT2D eigenvalue weighted by Crippen LogP contribution is -2.21. The van der Waals surface area contributed by atoms with Crippen molar-refractivity contribution in [3.8, 4) is 17.5 Å². The minimum Gasteiger partial charge on any atom is -0.488 e. The maximum absolute atomic E-state index is 12.7. The summed E-state index contributed by atoms with van der Waals surface area (Å²) in [5, 5.41) is 5.80. The number of aromatic nitrogens is 3. The Labute approximate surface area is 203 Å². The summed E-state index contributed by atoms with van der Waals surface area (Å²) in [5.41, 5.74) is 1.38. The number of carbonyl (C=O) groups excluding carboxylic acids is 1. The SMILES string of the molecule is COC(=O)c1ccc2cc1OC/C=C/Oc1ccc(cc1)CNc1nc(nc(OCC(F)(F)F)n1)N2. The highest BCUT2D eigenvalue weighted by Gasteiger charge is 2.29. The van der Waals surface area contributed by atoms with Crippen molar-refractivity contribution < 1.29 is 36.9 Å². The maximum atomic E-state index is 12.7. The molecule has 0 radical (unpaired) electrons. The van der Waals surface area contributed by atoms with Crippen LogP contribution in [0.15, 0.2) is 54.8 Å². The van der Waals surface area contributed by atoms with Crippen LogP contribution in [0, 0.1) is 0 Å². The van der Waals surface area contributed by atoms with Crippen LogP contribution in [0.3, 0.4) is 0 Å². The number of ether oxygens (including phenoxy) is 4. The van der Waals surface area contributed by atoms with Gasteiger partial charge >= 0.3 is 18.2 Å². The van der Waals surface area contributed by atoms with E-state index in [4.69, 9.17) is 18.9 Å². The molecule has 2 aliphatic rings. The Kier molecular flexibility index (Phi) is 7.37. The number of fused-ring (bicyclic) bond motifs is 6. The van der Waals surface area contributed by atoms with E-state index in [1.165, 1.54) is 31.6 Å². The van der Waals surface area contributed by atoms with Gasteiger partial charge in [0.15, 0.2) is 6.61 Å². The Balaban J connectivity index is 1.70. The standard InChI is InChI=1S/C23H20F3N5O5/c1-33-19(32)17-8-5-15-11-18(17)35-10-2-9-34-16-6-3-14(4-7-16)12-27-20-29-21(28-15)31-22(30-20)36-13-23(24,25)26/h2-9,11H,10,12-13H2,1H3,(H2,27,28,29,30,31)/b9-2+. The zero-order valence-corrected chi connectivity index (χ0v) is 18.8. The fourth-order valence-corrected chi connectivity index (χ4v) is 3.00. The van der Waals surface area contributed by atoms with Crippen LogP contribution in [0.1, 0.15) is 15.9 Å². The van der Waals surface area contributed by atoms with Crippen molar-refractivity contribution in [1.29, 1.82) is 0 Å². The van der Waals surface area contributed by atoms with Crippen LogP contribution in [0.25, 0.3) is 0 Å². The van der Waals surface area contributed by atoms with Gasteiger partial charge in [-0.15, -0.1) is 0 Å². The van der Waals surface area contributed by atoms with Crippen molar-refractivity contribution in [1.82, 2.24) is 15.0 Å². The number of hydrogen-bond donors (Lipinski definition) is 2. The molecule has 2 aliphatic heterocycles. The smallest absolute Gasteiger partial charge is 0.422 e. The van der Waals surface area contributed by atoms with Crippen molar-refractivity contribution >= 4 is 23.6 Å². The summed E-state index contributed by atoms with van der Waals surface area (Å²) >= 11 is 0. The summed E-state index contributed by atoms with van der Waals surface area (Å²) in [4.78, 5) is 24.2. The van der Waals surface area contributed by atoms with Crippen LogP contribution in [-0.2, 0) is 11.3 Å². The first-order valence-corrected chi connectivity index (χ1v) is 10.5. The highest BCUT2D eigenvalue weighted by Crippen LogP contribution is 2.27. The van der Waals surface area contributed by atoms with Gasteiger partial charge in [-0.2, -0.15) is 28.1 Å². The van der Waals surface area contributed by atoms with Crippen LogP contribution < -0.4 is 24.8 Å². The molecule has 0 amide bonds. The first kappa shape index (κ1) is 24.6. The van der Waals surface area contributed by atoms with Gasteiger partial charge in [0.2, 0.25) is 11.9 Å². The molecular formula is C23H20F3N5O5. The number of benzene rings is 2. The second-order valence-electron chi connectivity index (χ2n) is 7.29. The van der Waals surface area contributed by atoms with E-state index in [9.17, 15) is 18.0 Å². The van der Waals surface area contributed by atoms with Crippen molar-refractivity contribution in [3.05, 3.63) is 65.9 Å². The number of carbonyl (C=O) groups is 1. The third-order valence-electron chi connectivity index (χ3n) is 4.63. The largest absolute Gasteiger partial charge is 0.488 e. The highest BCUT2D eigenvalue weighted by atomic mass is 19.4. The molecule has 2 N–H and O–H groups in total. The number of esters is 1. The van der Waals surface area contributed by atoms with Gasteiger partial charge in [-0.25, -0.2) is 4.79 Å². The molecule has 0 unspecified atom stereocenters. The fraction of sp³-hybridized carbons (Fsp3) is 0.217. The third-order valence-corrected chi connectivity index (χ3v) is 4.63. The lowest BCUT2D eigenvalue weighted by molar-refractivity contribution is -0.154. The molecule has 3 heterocycles. The van der Waals surface area contributed by atoms with Gasteiger partial charge in [-0.3, -0.25) is 0 Å². The summed E-state index contributed by atoms with van der Waals surface area (Å²) in [5.74, 6) is 0.0298. The minimum absolute atomic E-state index is 0.0169. The van der Waals surface area contributed by atoms with Crippen LogP contribution >= 0.6 is 0 Å². The monoisotopic (exact) mass is 503 g/mol. The van der Waals surface area contributed by atoms with Crippen molar-refractivity contribution in [3.63, 3.8) is 0 Å². The molecule has 0 atom stereocenters. The molecule has 0 spiro atoms. The first-order chi connectivity index (χ1) is 17.3. The molecular weight excluding hydrogens is 483 g/mol. The van der Waals surface area contributed by atoms with Gasteiger partial charge in [0, 0.05) is 18.3 Å². The first-order valence-electron chi connectivity index (χ1n) is 10.5. The Hall–Kier alpha value is -4.55. The Morgan fingerprint density at radius 2 is 1.86 bits per heavy atom. The van der Waals surface area contributed by atoms with Crippen molar-refractivity contribution in [2.45, 2.75) is 12.7 Å². The molecule has 5 rings (SSSR count). The lowest BCUT2D eigenvalue weighted by Gasteiger charge is -2.14. The predicted octanol–water partition coefficient (Wildman–Crippen LogP) is 4.24. The molecule has 1 aromatic heterocycles. The number of rotatable bonds is 3. The summed E-state index contributed by atoms with van der Waals surface area (Å²) in [6.07, 6.45) is -1.50. The normalized spacial score (nSPS) is 14.1. The lowest BCUT2D eigenvalue weighted by atomic mass is 10.2. The van der Waals surface area contributed by atoms with Gasteiger partial charge in [0.25, 0.3) is 0 Å². The zero-order valence-electron chi connectivity index (χ0n) is 18.8. The molecule has 0 fully saturated rings. The van der Waals surface area contributed by atoms with Gasteiger partial charge < -0.3 is 29.6 Å². The Morgan fingerprint density at radius 1 is 1.08 bits per heavy atom. The van der Waals surface area contributed by atoms with Gasteiger partial charge in [0.05, 0.1) is 13.4 Å². The molecule has 0 aliphatic carbocycles. The van der Waals surface area contributed by atoms with E-state index in [2.05, 4.69) is 25.6 Å². The van der Waals surface area contributed by atoms with E-state index in [1.807, 2.05) is 0 Å². The summed E-state index contributed by atoms with van der Waals surface area (Å²) < 4.78 is 58.8. The summed E-state index contributed by atoms with van der Waals surface area (Å²) in [6.45, 7) is -1.23. The molecule has 6 bridgehead atoms. The van der Waals surface area contributed by atoms with Crippen LogP contribution in [0.5, 0.6) is 17.5 Å². The third kappa shape index (κ3) is 6.74. The fourth-order valence-electron chi connectivity index (χ4n) is 3.00. The van der Waals surface area contributed by atoms with E-state index < -0.39 is 24.8 Å².